The van der Waals surface area contributed by atoms with Crippen LogP contribution in [-0.4, -0.2) is 28.2 Å². The number of nitrogens with one attached hydrogen (secondary N) is 1. The summed E-state index contributed by atoms with van der Waals surface area (Å²) in [5, 5.41) is 12.5. The van der Waals surface area contributed by atoms with Crippen LogP contribution in [-0.2, 0) is 9.84 Å². The Morgan fingerprint density at radius 2 is 1.69 bits per heavy atom. The van der Waals surface area contributed by atoms with Gasteiger partial charge in [-0.1, -0.05) is 41.1 Å². The predicted octanol–water partition coefficient (Wildman–Crippen LogP) is 5.12. The van der Waals surface area contributed by atoms with Crippen LogP contribution in [0, 0.1) is 13.8 Å². The molecule has 0 aliphatic heterocycles. The van der Waals surface area contributed by atoms with E-state index < -0.39 is 9.84 Å². The molecule has 0 spiro atoms. The zero-order valence-electron chi connectivity index (χ0n) is 17.2. The molecule has 0 aliphatic rings. The zero-order valence-corrected chi connectivity index (χ0v) is 18.8. The number of fused-ring (bicyclic) bond motifs is 3. The first kappa shape index (κ1) is 20.4. The molecule has 5 rings (SSSR count). The van der Waals surface area contributed by atoms with Crippen molar-refractivity contribution in [3.05, 3.63) is 82.9 Å². The molecule has 0 aliphatic carbocycles. The summed E-state index contributed by atoms with van der Waals surface area (Å²) in [7, 11) is -3.96. The van der Waals surface area contributed by atoms with Gasteiger partial charge in [0.25, 0.3) is 0 Å². The lowest BCUT2D eigenvalue weighted by molar-refractivity contribution is 0.592. The highest BCUT2D eigenvalue weighted by molar-refractivity contribution is 7.91. The van der Waals surface area contributed by atoms with Gasteiger partial charge in [0, 0.05) is 16.1 Å². The van der Waals surface area contributed by atoms with E-state index >= 15 is 0 Å². The third-order valence-corrected chi connectivity index (χ3v) is 7.38. The fraction of sp³-hybridized carbons (Fsp3) is 0.0870. The van der Waals surface area contributed by atoms with Crippen molar-refractivity contribution in [3.8, 4) is 0 Å². The molecule has 160 valence electrons. The van der Waals surface area contributed by atoms with Gasteiger partial charge in [0.2, 0.25) is 14.9 Å². The molecule has 1 N–H and O–H groups in total. The van der Waals surface area contributed by atoms with E-state index in [0.29, 0.717) is 16.4 Å². The smallest absolute Gasteiger partial charge is 0.229 e. The molecule has 3 aromatic carbocycles. The normalized spacial score (nSPS) is 11.8. The highest BCUT2D eigenvalue weighted by atomic mass is 35.5. The summed E-state index contributed by atoms with van der Waals surface area (Å²) in [4.78, 5) is 4.73. The van der Waals surface area contributed by atoms with Gasteiger partial charge in [0.05, 0.1) is 10.4 Å². The van der Waals surface area contributed by atoms with Crippen molar-refractivity contribution in [1.82, 2.24) is 19.8 Å². The second-order valence-corrected chi connectivity index (χ2v) is 9.74. The molecular weight excluding hydrogens is 446 g/mol. The molecule has 0 saturated carbocycles. The molecule has 0 unspecified atom stereocenters. The highest BCUT2D eigenvalue weighted by Crippen LogP contribution is 2.31. The maximum atomic E-state index is 13.3. The van der Waals surface area contributed by atoms with Gasteiger partial charge in [-0.25, -0.2) is 13.4 Å². The lowest BCUT2D eigenvalue weighted by Gasteiger charge is -2.13. The van der Waals surface area contributed by atoms with Crippen molar-refractivity contribution in [2.24, 2.45) is 0 Å². The lowest BCUT2D eigenvalue weighted by Crippen LogP contribution is -2.06. The standard InChI is InChI=1S/C23H18ClN5O2S/c1-14-6-5-8-19(15(14)2)25-21-18-7-3-4-9-20(18)29-22(26-21)23(27-28-29)32(30,31)17-12-10-16(24)11-13-17/h3-13H,1-2H3,(H,25,26). The van der Waals surface area contributed by atoms with E-state index in [2.05, 4.69) is 20.6 Å². The maximum Gasteiger partial charge on any atom is 0.229 e. The Balaban J connectivity index is 1.75. The predicted molar refractivity (Wildman–Crippen MR) is 124 cm³/mol. The first-order chi connectivity index (χ1) is 15.4. The number of aromatic nitrogens is 4. The fourth-order valence-electron chi connectivity index (χ4n) is 3.55. The number of hydrogen-bond acceptors (Lipinski definition) is 6. The van der Waals surface area contributed by atoms with E-state index in [0.717, 1.165) is 22.2 Å². The Bertz CT molecular complexity index is 1590. The van der Waals surface area contributed by atoms with Gasteiger partial charge in [0.15, 0.2) is 5.65 Å². The fourth-order valence-corrected chi connectivity index (χ4v) is 4.91. The number of benzene rings is 3. The minimum Gasteiger partial charge on any atom is -0.339 e. The van der Waals surface area contributed by atoms with Gasteiger partial charge in [0.1, 0.15) is 5.82 Å². The topological polar surface area (TPSA) is 89.2 Å². The van der Waals surface area contributed by atoms with Crippen LogP contribution in [0.1, 0.15) is 11.1 Å². The Kier molecular flexibility index (Phi) is 4.83. The van der Waals surface area contributed by atoms with Crippen molar-refractivity contribution in [3.63, 3.8) is 0 Å². The molecule has 2 heterocycles. The molecule has 0 radical (unpaired) electrons. The van der Waals surface area contributed by atoms with Crippen LogP contribution in [0.5, 0.6) is 0 Å². The molecule has 0 saturated heterocycles. The van der Waals surface area contributed by atoms with E-state index in [1.165, 1.54) is 28.8 Å². The van der Waals surface area contributed by atoms with Crippen LogP contribution in [0.2, 0.25) is 5.02 Å². The van der Waals surface area contributed by atoms with Crippen molar-refractivity contribution in [2.45, 2.75) is 23.8 Å². The van der Waals surface area contributed by atoms with Gasteiger partial charge < -0.3 is 5.32 Å². The number of para-hydroxylation sites is 1. The summed E-state index contributed by atoms with van der Waals surface area (Å²) in [5.41, 5.74) is 3.94. The van der Waals surface area contributed by atoms with E-state index in [1.54, 1.807) is 0 Å². The Labute approximate surface area is 189 Å². The number of nitrogens with zero attached hydrogens (tertiary/aromatic N) is 4. The molecule has 32 heavy (non-hydrogen) atoms. The SMILES string of the molecule is Cc1cccc(Nc2nc3c(S(=O)(=O)c4ccc(Cl)cc4)nnn3c3ccccc23)c1C. The van der Waals surface area contributed by atoms with Crippen LogP contribution in [0.4, 0.5) is 11.5 Å². The summed E-state index contributed by atoms with van der Waals surface area (Å²) >= 11 is 5.92. The molecule has 2 aromatic heterocycles. The van der Waals surface area contributed by atoms with Crippen LogP contribution < -0.4 is 5.32 Å². The van der Waals surface area contributed by atoms with Gasteiger partial charge >= 0.3 is 0 Å². The average Bonchev–Trinajstić information content (AvgIpc) is 3.22. The van der Waals surface area contributed by atoms with E-state index in [-0.39, 0.29) is 15.6 Å². The van der Waals surface area contributed by atoms with E-state index in [9.17, 15) is 8.42 Å². The highest BCUT2D eigenvalue weighted by Gasteiger charge is 2.27. The number of anilines is 2. The average molecular weight is 464 g/mol. The number of sulfone groups is 1. The van der Waals surface area contributed by atoms with Crippen LogP contribution >= 0.6 is 11.6 Å². The van der Waals surface area contributed by atoms with Gasteiger partial charge in [-0.05, 0) is 67.4 Å². The zero-order chi connectivity index (χ0) is 22.5. The van der Waals surface area contributed by atoms with E-state index in [4.69, 9.17) is 11.6 Å². The van der Waals surface area contributed by atoms with Gasteiger partial charge in [-0.15, -0.1) is 5.10 Å². The second kappa shape index (κ2) is 7.58. The minimum absolute atomic E-state index is 0.0725. The summed E-state index contributed by atoms with van der Waals surface area (Å²) < 4.78 is 28.1. The number of halogens is 1. The molecule has 0 fully saturated rings. The van der Waals surface area contributed by atoms with Crippen molar-refractivity contribution in [2.75, 3.05) is 5.32 Å². The van der Waals surface area contributed by atoms with Crippen LogP contribution in [0.15, 0.2) is 76.7 Å². The van der Waals surface area contributed by atoms with Crippen LogP contribution in [0.25, 0.3) is 16.6 Å². The lowest BCUT2D eigenvalue weighted by atomic mass is 10.1. The summed E-state index contributed by atoms with van der Waals surface area (Å²) in [5.74, 6) is 0.525. The van der Waals surface area contributed by atoms with Crippen molar-refractivity contribution < 1.29 is 8.42 Å². The first-order valence-corrected chi connectivity index (χ1v) is 11.7. The summed E-state index contributed by atoms with van der Waals surface area (Å²) in [6.45, 7) is 4.06. The van der Waals surface area contributed by atoms with Gasteiger partial charge in [-0.3, -0.25) is 0 Å². The second-order valence-electron chi connectivity index (χ2n) is 7.44. The quantitative estimate of drug-likeness (QED) is 0.397. The molecule has 5 aromatic rings. The monoisotopic (exact) mass is 463 g/mol. The first-order valence-electron chi connectivity index (χ1n) is 9.84. The van der Waals surface area contributed by atoms with Crippen molar-refractivity contribution >= 4 is 49.5 Å². The Hall–Kier alpha value is -3.49. The molecule has 0 bridgehead atoms. The van der Waals surface area contributed by atoms with Crippen LogP contribution in [0.3, 0.4) is 0 Å². The van der Waals surface area contributed by atoms with Gasteiger partial charge in [-0.2, -0.15) is 4.52 Å². The molecule has 0 amide bonds. The van der Waals surface area contributed by atoms with E-state index in [1.807, 2.05) is 56.3 Å². The third-order valence-electron chi connectivity index (χ3n) is 5.46. The summed E-state index contributed by atoms with van der Waals surface area (Å²) in [6, 6.07) is 19.4. The van der Waals surface area contributed by atoms with Crippen molar-refractivity contribution in [1.29, 1.82) is 0 Å². The molecule has 7 nitrogen and oxygen atoms in total. The molecule has 9 heteroatoms. The minimum atomic E-state index is -3.96. The number of aryl methyl sites for hydroxylation is 1. The third kappa shape index (κ3) is 3.28. The number of hydrogen-bond donors (Lipinski definition) is 1. The Morgan fingerprint density at radius 3 is 2.47 bits per heavy atom. The molecular formula is C23H18ClN5O2S. The maximum absolute atomic E-state index is 13.3. The Morgan fingerprint density at radius 1 is 0.938 bits per heavy atom. The number of rotatable bonds is 4. The molecule has 0 atom stereocenters. The summed E-state index contributed by atoms with van der Waals surface area (Å²) in [6.07, 6.45) is 0. The largest absolute Gasteiger partial charge is 0.339 e.